The van der Waals surface area contributed by atoms with Gasteiger partial charge in [0, 0.05) is 17.1 Å². The summed E-state index contributed by atoms with van der Waals surface area (Å²) in [4.78, 5) is 0. The van der Waals surface area contributed by atoms with Gasteiger partial charge >= 0.3 is 0 Å². The summed E-state index contributed by atoms with van der Waals surface area (Å²) in [5.41, 5.74) is 1.33. The van der Waals surface area contributed by atoms with E-state index in [1.165, 1.54) is 5.56 Å². The van der Waals surface area contributed by atoms with E-state index in [-0.39, 0.29) is 0 Å². The number of benzene rings is 1. The highest BCUT2D eigenvalue weighted by Crippen LogP contribution is 2.13. The van der Waals surface area contributed by atoms with E-state index in [0.717, 1.165) is 30.7 Å². The molecule has 0 amide bonds. The fourth-order valence-electron chi connectivity index (χ4n) is 1.69. The molecule has 3 heteroatoms. The molecule has 1 atom stereocenters. The van der Waals surface area contributed by atoms with Gasteiger partial charge in [0.2, 0.25) is 0 Å². The molecule has 2 nitrogen and oxygen atoms in total. The highest BCUT2D eigenvalue weighted by atomic mass is 79.9. The third kappa shape index (κ3) is 5.10. The lowest BCUT2D eigenvalue weighted by molar-refractivity contribution is 0.123. The van der Waals surface area contributed by atoms with Crippen LogP contribution in [0.25, 0.3) is 0 Å². The van der Waals surface area contributed by atoms with Crippen molar-refractivity contribution in [3.05, 3.63) is 34.3 Å². The molecular formula is C13H20BrNO. The van der Waals surface area contributed by atoms with Gasteiger partial charge < -0.3 is 10.1 Å². The number of hydrogen-bond donors (Lipinski definition) is 1. The molecule has 0 saturated carbocycles. The van der Waals surface area contributed by atoms with Crippen LogP contribution in [0.2, 0.25) is 0 Å². The molecule has 0 fully saturated rings. The number of halogens is 1. The maximum absolute atomic E-state index is 5.48. The number of likely N-dealkylation sites (N-methyl/N-ethyl adjacent to an activating group) is 1. The zero-order chi connectivity index (χ0) is 11.8. The Kier molecular flexibility index (Phi) is 6.69. The molecule has 16 heavy (non-hydrogen) atoms. The van der Waals surface area contributed by atoms with Gasteiger partial charge in [0.15, 0.2) is 0 Å². The first-order valence-electron chi connectivity index (χ1n) is 5.81. The van der Waals surface area contributed by atoms with Crippen LogP contribution in [-0.4, -0.2) is 25.8 Å². The summed E-state index contributed by atoms with van der Waals surface area (Å²) in [6.07, 6.45) is 1.01. The Morgan fingerprint density at radius 1 is 1.38 bits per heavy atom. The molecule has 0 aromatic heterocycles. The first-order valence-corrected chi connectivity index (χ1v) is 6.61. The number of ether oxygens (including phenoxy) is 1. The maximum atomic E-state index is 5.48. The predicted molar refractivity (Wildman–Crippen MR) is 71.8 cm³/mol. The van der Waals surface area contributed by atoms with Crippen LogP contribution < -0.4 is 5.32 Å². The van der Waals surface area contributed by atoms with Crippen molar-refractivity contribution in [2.24, 2.45) is 0 Å². The van der Waals surface area contributed by atoms with Crippen molar-refractivity contribution in [3.8, 4) is 0 Å². The predicted octanol–water partition coefficient (Wildman–Crippen LogP) is 3.01. The topological polar surface area (TPSA) is 21.3 Å². The van der Waals surface area contributed by atoms with Gasteiger partial charge in [-0.15, -0.1) is 0 Å². The van der Waals surface area contributed by atoms with E-state index in [1.54, 1.807) is 0 Å². The van der Waals surface area contributed by atoms with Gasteiger partial charge in [0.05, 0.1) is 6.61 Å². The monoisotopic (exact) mass is 285 g/mol. The number of nitrogens with one attached hydrogen (secondary N) is 1. The molecular weight excluding hydrogens is 266 g/mol. The van der Waals surface area contributed by atoms with Crippen LogP contribution in [0.1, 0.15) is 19.4 Å². The Morgan fingerprint density at radius 2 is 2.19 bits per heavy atom. The van der Waals surface area contributed by atoms with E-state index < -0.39 is 0 Å². The lowest BCUT2D eigenvalue weighted by atomic mass is 10.1. The Labute approximate surface area is 107 Å². The molecule has 90 valence electrons. The largest absolute Gasteiger partial charge is 0.380 e. The van der Waals surface area contributed by atoms with Gasteiger partial charge in [-0.05, 0) is 37.6 Å². The SMILES string of the molecule is CCNC(COCC)Cc1cccc(Br)c1. The van der Waals surface area contributed by atoms with Crippen molar-refractivity contribution in [2.45, 2.75) is 26.3 Å². The van der Waals surface area contributed by atoms with Gasteiger partial charge in [0.1, 0.15) is 0 Å². The van der Waals surface area contributed by atoms with Crippen molar-refractivity contribution in [2.75, 3.05) is 19.8 Å². The Bertz CT molecular complexity index is 304. The first kappa shape index (κ1) is 13.7. The molecule has 1 N–H and O–H groups in total. The van der Waals surface area contributed by atoms with Crippen LogP contribution in [0.3, 0.4) is 0 Å². The van der Waals surface area contributed by atoms with E-state index in [0.29, 0.717) is 6.04 Å². The molecule has 0 aliphatic heterocycles. The summed E-state index contributed by atoms with van der Waals surface area (Å²) >= 11 is 3.49. The van der Waals surface area contributed by atoms with Gasteiger partial charge in [-0.2, -0.15) is 0 Å². The van der Waals surface area contributed by atoms with Crippen LogP contribution in [0, 0.1) is 0 Å². The van der Waals surface area contributed by atoms with E-state index in [1.807, 2.05) is 13.0 Å². The van der Waals surface area contributed by atoms with Crippen LogP contribution in [0.15, 0.2) is 28.7 Å². The summed E-state index contributed by atoms with van der Waals surface area (Å²) in [5.74, 6) is 0. The molecule has 0 aliphatic rings. The highest BCUT2D eigenvalue weighted by Gasteiger charge is 2.08. The fourth-order valence-corrected chi connectivity index (χ4v) is 2.13. The third-order valence-electron chi connectivity index (χ3n) is 2.39. The molecule has 0 bridgehead atoms. The first-order chi connectivity index (χ1) is 7.76. The molecule has 1 aromatic rings. The minimum atomic E-state index is 0.402. The molecule has 1 unspecified atom stereocenters. The average molecular weight is 286 g/mol. The zero-order valence-electron chi connectivity index (χ0n) is 10.0. The van der Waals surface area contributed by atoms with Crippen LogP contribution in [0.4, 0.5) is 0 Å². The minimum Gasteiger partial charge on any atom is -0.380 e. The summed E-state index contributed by atoms with van der Waals surface area (Å²) in [6.45, 7) is 6.69. The van der Waals surface area contributed by atoms with E-state index in [2.05, 4.69) is 46.4 Å². The van der Waals surface area contributed by atoms with Gasteiger partial charge in [-0.25, -0.2) is 0 Å². The second kappa shape index (κ2) is 7.82. The molecule has 0 heterocycles. The molecule has 0 radical (unpaired) electrons. The third-order valence-corrected chi connectivity index (χ3v) is 2.88. The van der Waals surface area contributed by atoms with Crippen LogP contribution >= 0.6 is 15.9 Å². The quantitative estimate of drug-likeness (QED) is 0.832. The smallest absolute Gasteiger partial charge is 0.0622 e. The lowest BCUT2D eigenvalue weighted by Gasteiger charge is -2.17. The number of rotatable bonds is 7. The van der Waals surface area contributed by atoms with Gasteiger partial charge in [0.25, 0.3) is 0 Å². The van der Waals surface area contributed by atoms with E-state index in [9.17, 15) is 0 Å². The molecule has 1 rings (SSSR count). The van der Waals surface area contributed by atoms with Crippen molar-refractivity contribution < 1.29 is 4.74 Å². The van der Waals surface area contributed by atoms with Crippen molar-refractivity contribution in [1.29, 1.82) is 0 Å². The van der Waals surface area contributed by atoms with Gasteiger partial charge in [-0.1, -0.05) is 35.0 Å². The summed E-state index contributed by atoms with van der Waals surface area (Å²) in [7, 11) is 0. The second-order valence-corrected chi connectivity index (χ2v) is 4.66. The molecule has 0 saturated heterocycles. The summed E-state index contributed by atoms with van der Waals surface area (Å²) < 4.78 is 6.61. The minimum absolute atomic E-state index is 0.402. The molecule has 0 aliphatic carbocycles. The Morgan fingerprint density at radius 3 is 2.81 bits per heavy atom. The van der Waals surface area contributed by atoms with E-state index in [4.69, 9.17) is 4.74 Å². The van der Waals surface area contributed by atoms with Crippen LogP contribution in [-0.2, 0) is 11.2 Å². The standard InChI is InChI=1S/C13H20BrNO/c1-3-15-13(10-16-4-2)9-11-6-5-7-12(14)8-11/h5-8,13,15H,3-4,9-10H2,1-2H3. The van der Waals surface area contributed by atoms with Crippen molar-refractivity contribution in [1.82, 2.24) is 5.32 Å². The number of hydrogen-bond acceptors (Lipinski definition) is 2. The van der Waals surface area contributed by atoms with Crippen molar-refractivity contribution in [3.63, 3.8) is 0 Å². The normalized spacial score (nSPS) is 12.7. The van der Waals surface area contributed by atoms with Crippen molar-refractivity contribution >= 4 is 15.9 Å². The maximum Gasteiger partial charge on any atom is 0.0622 e. The van der Waals surface area contributed by atoms with E-state index >= 15 is 0 Å². The van der Waals surface area contributed by atoms with Gasteiger partial charge in [-0.3, -0.25) is 0 Å². The zero-order valence-corrected chi connectivity index (χ0v) is 11.6. The lowest BCUT2D eigenvalue weighted by Crippen LogP contribution is -2.35. The summed E-state index contributed by atoms with van der Waals surface area (Å²) in [5, 5.41) is 3.45. The fraction of sp³-hybridized carbons (Fsp3) is 0.538. The molecule has 1 aromatic carbocycles. The molecule has 0 spiro atoms. The second-order valence-electron chi connectivity index (χ2n) is 3.75. The Balaban J connectivity index is 2.52. The van der Waals surface area contributed by atoms with Crippen LogP contribution in [0.5, 0.6) is 0 Å². The highest BCUT2D eigenvalue weighted by molar-refractivity contribution is 9.10. The Hall–Kier alpha value is -0.380. The summed E-state index contributed by atoms with van der Waals surface area (Å²) in [6, 6.07) is 8.84. The average Bonchev–Trinajstić information content (AvgIpc) is 2.26.